The van der Waals surface area contributed by atoms with Gasteiger partial charge in [0.25, 0.3) is 5.91 Å². The molecular weight excluding hydrogens is 385 g/mol. The lowest BCUT2D eigenvalue weighted by Crippen LogP contribution is -2.42. The monoisotopic (exact) mass is 402 g/mol. The van der Waals surface area contributed by atoms with Crippen molar-refractivity contribution in [1.82, 2.24) is 14.8 Å². The Hall–Kier alpha value is -3.36. The molecule has 0 spiro atoms. The molecule has 29 heavy (non-hydrogen) atoms. The van der Waals surface area contributed by atoms with Crippen LogP contribution in [0.25, 0.3) is 11.1 Å². The molecule has 0 fully saturated rings. The number of halogens is 3. The third kappa shape index (κ3) is 3.55. The van der Waals surface area contributed by atoms with Crippen molar-refractivity contribution in [3.8, 4) is 16.9 Å². The highest BCUT2D eigenvalue weighted by atomic mass is 19.3. The number of amides is 1. The fourth-order valence-electron chi connectivity index (χ4n) is 3.48. The summed E-state index contributed by atoms with van der Waals surface area (Å²) in [5, 5.41) is 4.35. The van der Waals surface area contributed by atoms with Gasteiger partial charge in [-0.2, -0.15) is 13.9 Å². The van der Waals surface area contributed by atoms with Crippen LogP contribution in [0, 0.1) is 12.7 Å². The van der Waals surface area contributed by atoms with Gasteiger partial charge in [0.15, 0.2) is 0 Å². The van der Waals surface area contributed by atoms with Gasteiger partial charge in [0.1, 0.15) is 17.3 Å². The van der Waals surface area contributed by atoms with Gasteiger partial charge in [-0.05, 0) is 37.6 Å². The lowest BCUT2D eigenvalue weighted by molar-refractivity contribution is -0.0499. The topological polar surface area (TPSA) is 60.2 Å². The number of aromatic nitrogens is 3. The molecule has 1 aliphatic rings. The molecule has 0 bridgehead atoms. The molecule has 6 nitrogen and oxygen atoms in total. The Balaban J connectivity index is 1.77. The third-order valence-corrected chi connectivity index (χ3v) is 4.71. The van der Waals surface area contributed by atoms with Crippen molar-refractivity contribution >= 4 is 11.6 Å². The molecule has 0 saturated carbocycles. The summed E-state index contributed by atoms with van der Waals surface area (Å²) < 4.78 is 45.0. The van der Waals surface area contributed by atoms with Crippen LogP contribution in [0.4, 0.5) is 18.9 Å². The van der Waals surface area contributed by atoms with Crippen LogP contribution in [0.2, 0.25) is 0 Å². The van der Waals surface area contributed by atoms with Gasteiger partial charge in [0.05, 0.1) is 17.9 Å². The summed E-state index contributed by atoms with van der Waals surface area (Å²) in [6, 6.07) is 6.60. The van der Waals surface area contributed by atoms with E-state index in [0.29, 0.717) is 11.3 Å². The van der Waals surface area contributed by atoms with E-state index in [1.165, 1.54) is 11.0 Å². The van der Waals surface area contributed by atoms with Gasteiger partial charge in [-0.25, -0.2) is 4.39 Å². The molecule has 0 radical (unpaired) electrons. The second-order valence-electron chi connectivity index (χ2n) is 6.83. The van der Waals surface area contributed by atoms with Crippen LogP contribution in [0.3, 0.4) is 0 Å². The quantitative estimate of drug-likeness (QED) is 0.656. The van der Waals surface area contributed by atoms with Crippen LogP contribution in [0.15, 0.2) is 42.7 Å². The molecule has 1 amide bonds. The molecule has 1 aromatic carbocycles. The number of hydrogen-bond donors (Lipinski definition) is 0. The highest BCUT2D eigenvalue weighted by Gasteiger charge is 2.34. The third-order valence-electron chi connectivity index (χ3n) is 4.71. The number of rotatable bonds is 4. The minimum Gasteiger partial charge on any atom is -0.435 e. The molecule has 1 atom stereocenters. The minimum atomic E-state index is -3.09. The van der Waals surface area contributed by atoms with Gasteiger partial charge in [0.2, 0.25) is 0 Å². The van der Waals surface area contributed by atoms with E-state index in [4.69, 9.17) is 0 Å². The van der Waals surface area contributed by atoms with Crippen molar-refractivity contribution in [3.05, 3.63) is 59.9 Å². The number of ether oxygens (including phenoxy) is 1. The Morgan fingerprint density at radius 3 is 2.76 bits per heavy atom. The molecule has 0 unspecified atom stereocenters. The van der Waals surface area contributed by atoms with Crippen LogP contribution in [-0.2, 0) is 0 Å². The van der Waals surface area contributed by atoms with Crippen LogP contribution in [-0.4, -0.2) is 33.8 Å². The van der Waals surface area contributed by atoms with Crippen molar-refractivity contribution in [3.63, 3.8) is 0 Å². The van der Waals surface area contributed by atoms with E-state index in [0.717, 1.165) is 23.4 Å². The summed E-state index contributed by atoms with van der Waals surface area (Å²) in [6.07, 6.45) is 3.25. The molecule has 150 valence electrons. The highest BCUT2D eigenvalue weighted by molar-refractivity contribution is 6.09. The van der Waals surface area contributed by atoms with E-state index in [2.05, 4.69) is 14.8 Å². The molecule has 0 N–H and O–H groups in total. The lowest BCUT2D eigenvalue weighted by atomic mass is 10.0. The number of pyridine rings is 1. The maximum Gasteiger partial charge on any atom is 0.387 e. The van der Waals surface area contributed by atoms with Crippen LogP contribution < -0.4 is 9.64 Å². The number of carbonyl (C=O) groups is 1. The van der Waals surface area contributed by atoms with Crippen LogP contribution in [0.5, 0.6) is 5.75 Å². The summed E-state index contributed by atoms with van der Waals surface area (Å²) in [4.78, 5) is 18.8. The molecule has 2 aromatic heterocycles. The van der Waals surface area contributed by atoms with Gasteiger partial charge in [-0.15, -0.1) is 0 Å². The number of nitrogens with zero attached hydrogens (tertiary/aromatic N) is 4. The van der Waals surface area contributed by atoms with Gasteiger partial charge >= 0.3 is 6.61 Å². The normalized spacial score (nSPS) is 16.3. The first-order valence-corrected chi connectivity index (χ1v) is 8.91. The summed E-state index contributed by atoms with van der Waals surface area (Å²) >= 11 is 0. The van der Waals surface area contributed by atoms with E-state index < -0.39 is 18.3 Å². The fourth-order valence-corrected chi connectivity index (χ4v) is 3.48. The number of alkyl halides is 2. The van der Waals surface area contributed by atoms with Crippen LogP contribution >= 0.6 is 0 Å². The molecule has 1 aliphatic heterocycles. The summed E-state index contributed by atoms with van der Waals surface area (Å²) in [6.45, 7) is 0.824. The van der Waals surface area contributed by atoms with E-state index in [9.17, 15) is 18.0 Å². The largest absolute Gasteiger partial charge is 0.435 e. The smallest absolute Gasteiger partial charge is 0.387 e. The summed E-state index contributed by atoms with van der Waals surface area (Å²) in [5.74, 6) is -1.53. The molecule has 0 saturated heterocycles. The Morgan fingerprint density at radius 1 is 1.24 bits per heavy atom. The number of anilines is 1. The summed E-state index contributed by atoms with van der Waals surface area (Å²) in [5.41, 5.74) is 2.67. The van der Waals surface area contributed by atoms with Crippen molar-refractivity contribution in [1.29, 1.82) is 0 Å². The number of hydrogen-bond acceptors (Lipinski definition) is 4. The first kappa shape index (κ1) is 19.0. The summed E-state index contributed by atoms with van der Waals surface area (Å²) in [7, 11) is 0. The molecule has 3 aromatic rings. The SMILES string of the molecule is Cc1cc(-c2cnn3c2C(=O)N(c2cc(F)cc(OC(F)F)c2)C[C@@H]3C)ccn1. The predicted octanol–water partition coefficient (Wildman–Crippen LogP) is 4.22. The number of fused-ring (bicyclic) bond motifs is 1. The molecule has 9 heteroatoms. The molecule has 3 heterocycles. The van der Waals surface area contributed by atoms with E-state index in [1.807, 2.05) is 19.9 Å². The second kappa shape index (κ2) is 7.23. The van der Waals surface area contributed by atoms with Crippen molar-refractivity contribution in [2.45, 2.75) is 26.5 Å². The number of carbonyl (C=O) groups excluding carboxylic acids is 1. The fraction of sp³-hybridized carbons (Fsp3) is 0.250. The van der Waals surface area contributed by atoms with Gasteiger partial charge in [-0.1, -0.05) is 0 Å². The molecular formula is C20H17F3N4O2. The van der Waals surface area contributed by atoms with Gasteiger partial charge < -0.3 is 9.64 Å². The average molecular weight is 402 g/mol. The van der Waals surface area contributed by atoms with E-state index in [-0.39, 0.29) is 24.0 Å². The molecule has 0 aliphatic carbocycles. The Kier molecular flexibility index (Phi) is 4.73. The van der Waals surface area contributed by atoms with Crippen molar-refractivity contribution < 1.29 is 22.7 Å². The zero-order valence-electron chi connectivity index (χ0n) is 15.6. The second-order valence-corrected chi connectivity index (χ2v) is 6.83. The first-order chi connectivity index (χ1) is 13.8. The maximum atomic E-state index is 14.0. The van der Waals surface area contributed by atoms with Gasteiger partial charge in [0, 0.05) is 36.1 Å². The maximum absolute atomic E-state index is 14.0. The zero-order valence-corrected chi connectivity index (χ0v) is 15.6. The Bertz CT molecular complexity index is 1080. The minimum absolute atomic E-state index is 0.141. The average Bonchev–Trinajstić information content (AvgIpc) is 3.09. The first-order valence-electron chi connectivity index (χ1n) is 8.91. The number of benzene rings is 1. The van der Waals surface area contributed by atoms with Crippen molar-refractivity contribution in [2.75, 3.05) is 11.4 Å². The Morgan fingerprint density at radius 2 is 2.03 bits per heavy atom. The standard InChI is InChI=1S/C20H17F3N4O2/c1-11-5-13(3-4-24-11)17-9-25-27-12(2)10-26(19(28)18(17)27)15-6-14(21)7-16(8-15)29-20(22)23/h3-9,12,20H,10H2,1-2H3/t12-/m0/s1. The predicted molar refractivity (Wildman–Crippen MR) is 99.6 cm³/mol. The lowest BCUT2D eigenvalue weighted by Gasteiger charge is -2.32. The highest BCUT2D eigenvalue weighted by Crippen LogP contribution is 2.34. The zero-order chi connectivity index (χ0) is 20.7. The Labute approximate surface area is 164 Å². The van der Waals surface area contributed by atoms with Crippen LogP contribution in [0.1, 0.15) is 29.1 Å². The van der Waals surface area contributed by atoms with E-state index in [1.54, 1.807) is 23.1 Å². The van der Waals surface area contributed by atoms with Crippen molar-refractivity contribution in [2.24, 2.45) is 0 Å². The molecule has 4 rings (SSSR count). The van der Waals surface area contributed by atoms with Gasteiger partial charge in [-0.3, -0.25) is 14.5 Å². The van der Waals surface area contributed by atoms with E-state index >= 15 is 0 Å². The number of aryl methyl sites for hydroxylation is 1.